The molecule has 1 aromatic heterocycles. The highest BCUT2D eigenvalue weighted by Crippen LogP contribution is 2.24. The molecule has 2 rings (SSSR count). The molecule has 0 spiro atoms. The molecular weight excluding hydrogens is 248 g/mol. The summed E-state index contributed by atoms with van der Waals surface area (Å²) >= 11 is 1.74. The van der Waals surface area contributed by atoms with E-state index in [2.05, 4.69) is 22.5 Å². The van der Waals surface area contributed by atoms with Gasteiger partial charge in [-0.25, -0.2) is 9.78 Å². The Morgan fingerprint density at radius 2 is 2.33 bits per heavy atom. The van der Waals surface area contributed by atoms with E-state index in [1.165, 1.54) is 4.88 Å². The first-order valence-corrected chi connectivity index (χ1v) is 7.09. The van der Waals surface area contributed by atoms with Crippen LogP contribution < -0.4 is 10.6 Å². The van der Waals surface area contributed by atoms with Crippen LogP contribution in [0.1, 0.15) is 28.5 Å². The van der Waals surface area contributed by atoms with Gasteiger partial charge in [-0.05, 0) is 20.8 Å². The van der Waals surface area contributed by atoms with E-state index in [1.807, 2.05) is 18.7 Å². The average Bonchev–Trinajstić information content (AvgIpc) is 2.85. The Hall–Kier alpha value is -1.14. The molecule has 1 aliphatic heterocycles. The van der Waals surface area contributed by atoms with Gasteiger partial charge in [0.05, 0.1) is 10.7 Å². The molecule has 2 amide bonds. The Kier molecular flexibility index (Phi) is 4.19. The summed E-state index contributed by atoms with van der Waals surface area (Å²) in [5.74, 6) is 0. The fourth-order valence-electron chi connectivity index (χ4n) is 2.18. The highest BCUT2D eigenvalue weighted by Gasteiger charge is 2.19. The summed E-state index contributed by atoms with van der Waals surface area (Å²) in [4.78, 5) is 18.9. The second kappa shape index (κ2) is 5.67. The van der Waals surface area contributed by atoms with Crippen molar-refractivity contribution in [2.24, 2.45) is 0 Å². The third-order valence-corrected chi connectivity index (χ3v) is 4.37. The molecule has 2 N–H and O–H groups in total. The average molecular weight is 268 g/mol. The smallest absolute Gasteiger partial charge is 0.317 e. The number of thiazole rings is 1. The second-order valence-electron chi connectivity index (χ2n) is 4.58. The zero-order chi connectivity index (χ0) is 13.1. The summed E-state index contributed by atoms with van der Waals surface area (Å²) in [6, 6.07) is 0.344. The molecule has 6 heteroatoms. The Bertz CT molecular complexity index is 432. The van der Waals surface area contributed by atoms with Crippen LogP contribution in [-0.4, -0.2) is 42.1 Å². The number of carbonyl (C=O) groups is 1. The van der Waals surface area contributed by atoms with Crippen molar-refractivity contribution in [1.29, 1.82) is 0 Å². The number of nitrogens with one attached hydrogen (secondary N) is 2. The number of rotatable bonds is 5. The summed E-state index contributed by atoms with van der Waals surface area (Å²) in [6.45, 7) is 9.37. The lowest BCUT2D eigenvalue weighted by Gasteiger charge is -2.17. The minimum Gasteiger partial charge on any atom is -0.336 e. The van der Waals surface area contributed by atoms with E-state index in [1.54, 1.807) is 11.3 Å². The maximum atomic E-state index is 11.4. The molecule has 0 radical (unpaired) electrons. The normalized spacial score (nSPS) is 17.1. The van der Waals surface area contributed by atoms with Crippen molar-refractivity contribution in [3.8, 4) is 0 Å². The van der Waals surface area contributed by atoms with Crippen LogP contribution in [0, 0.1) is 13.8 Å². The third-order valence-electron chi connectivity index (χ3n) is 3.11. The van der Waals surface area contributed by atoms with E-state index in [9.17, 15) is 4.79 Å². The molecule has 1 aliphatic rings. The Balaban J connectivity index is 1.79. The van der Waals surface area contributed by atoms with Gasteiger partial charge in [-0.2, -0.15) is 0 Å². The molecule has 1 atom stereocenters. The largest absolute Gasteiger partial charge is 0.336 e. The number of hydrogen-bond acceptors (Lipinski definition) is 4. The van der Waals surface area contributed by atoms with Gasteiger partial charge in [-0.1, -0.05) is 0 Å². The van der Waals surface area contributed by atoms with E-state index in [4.69, 9.17) is 0 Å². The van der Waals surface area contributed by atoms with Crippen molar-refractivity contribution in [2.75, 3.05) is 26.2 Å². The lowest BCUT2D eigenvalue weighted by atomic mass is 10.2. The van der Waals surface area contributed by atoms with Crippen LogP contribution in [0.2, 0.25) is 0 Å². The molecule has 0 saturated carbocycles. The van der Waals surface area contributed by atoms with E-state index in [0.717, 1.165) is 36.9 Å². The topological polar surface area (TPSA) is 57.3 Å². The summed E-state index contributed by atoms with van der Waals surface area (Å²) in [6.07, 6.45) is 0. The van der Waals surface area contributed by atoms with E-state index in [0.29, 0.717) is 6.04 Å². The zero-order valence-electron chi connectivity index (χ0n) is 11.1. The van der Waals surface area contributed by atoms with E-state index >= 15 is 0 Å². The predicted molar refractivity (Wildman–Crippen MR) is 73.0 cm³/mol. The molecule has 0 aliphatic carbocycles. The van der Waals surface area contributed by atoms with Crippen LogP contribution in [0.15, 0.2) is 0 Å². The maximum Gasteiger partial charge on any atom is 0.317 e. The van der Waals surface area contributed by atoms with Crippen LogP contribution in [-0.2, 0) is 0 Å². The number of carbonyl (C=O) groups excluding carboxylic acids is 1. The molecule has 18 heavy (non-hydrogen) atoms. The van der Waals surface area contributed by atoms with Gasteiger partial charge < -0.3 is 15.5 Å². The van der Waals surface area contributed by atoms with Crippen molar-refractivity contribution in [3.05, 3.63) is 15.6 Å². The quantitative estimate of drug-likeness (QED) is 0.849. The van der Waals surface area contributed by atoms with Gasteiger partial charge >= 0.3 is 6.03 Å². The SMILES string of the molecule is Cc1nc(C)c(C(C)NCCN2CCNC2=O)s1. The summed E-state index contributed by atoms with van der Waals surface area (Å²) in [7, 11) is 0. The number of amides is 2. The van der Waals surface area contributed by atoms with Crippen molar-refractivity contribution < 1.29 is 4.79 Å². The van der Waals surface area contributed by atoms with Gasteiger partial charge in [0.2, 0.25) is 0 Å². The van der Waals surface area contributed by atoms with Crippen LogP contribution in [0.25, 0.3) is 0 Å². The molecule has 1 unspecified atom stereocenters. The lowest BCUT2D eigenvalue weighted by Crippen LogP contribution is -2.35. The fourth-order valence-corrected chi connectivity index (χ4v) is 3.14. The fraction of sp³-hybridized carbons (Fsp3) is 0.667. The Morgan fingerprint density at radius 3 is 2.89 bits per heavy atom. The summed E-state index contributed by atoms with van der Waals surface area (Å²) in [5, 5.41) is 7.36. The molecule has 1 saturated heterocycles. The zero-order valence-corrected chi connectivity index (χ0v) is 11.9. The highest BCUT2D eigenvalue weighted by molar-refractivity contribution is 7.11. The van der Waals surface area contributed by atoms with Crippen molar-refractivity contribution in [3.63, 3.8) is 0 Å². The summed E-state index contributed by atoms with van der Waals surface area (Å²) < 4.78 is 0. The van der Waals surface area contributed by atoms with Gasteiger partial charge in [-0.15, -0.1) is 11.3 Å². The Morgan fingerprint density at radius 1 is 1.56 bits per heavy atom. The lowest BCUT2D eigenvalue weighted by molar-refractivity contribution is 0.217. The number of urea groups is 1. The van der Waals surface area contributed by atoms with Crippen molar-refractivity contribution in [2.45, 2.75) is 26.8 Å². The van der Waals surface area contributed by atoms with Gasteiger partial charge in [0.15, 0.2) is 0 Å². The van der Waals surface area contributed by atoms with Gasteiger partial charge in [0.1, 0.15) is 0 Å². The third kappa shape index (κ3) is 3.00. The number of nitrogens with zero attached hydrogens (tertiary/aromatic N) is 2. The number of hydrogen-bond donors (Lipinski definition) is 2. The molecule has 2 heterocycles. The highest BCUT2D eigenvalue weighted by atomic mass is 32.1. The van der Waals surface area contributed by atoms with Crippen LogP contribution in [0.5, 0.6) is 0 Å². The van der Waals surface area contributed by atoms with E-state index in [-0.39, 0.29) is 6.03 Å². The maximum absolute atomic E-state index is 11.4. The first kappa shape index (κ1) is 13.3. The minimum absolute atomic E-state index is 0.0502. The van der Waals surface area contributed by atoms with Crippen LogP contribution >= 0.6 is 11.3 Å². The first-order chi connectivity index (χ1) is 8.58. The number of aromatic nitrogens is 1. The Labute approximate surface area is 112 Å². The van der Waals surface area contributed by atoms with Crippen molar-refractivity contribution in [1.82, 2.24) is 20.5 Å². The molecule has 0 bridgehead atoms. The second-order valence-corrected chi connectivity index (χ2v) is 5.81. The molecular formula is C12H20N4OS. The summed E-state index contributed by atoms with van der Waals surface area (Å²) in [5.41, 5.74) is 1.11. The molecule has 0 aromatic carbocycles. The molecule has 1 aromatic rings. The van der Waals surface area contributed by atoms with Gasteiger partial charge in [-0.3, -0.25) is 0 Å². The molecule has 100 valence electrons. The molecule has 5 nitrogen and oxygen atoms in total. The minimum atomic E-state index is 0.0502. The molecule has 1 fully saturated rings. The number of aryl methyl sites for hydroxylation is 2. The van der Waals surface area contributed by atoms with Crippen molar-refractivity contribution >= 4 is 17.4 Å². The first-order valence-electron chi connectivity index (χ1n) is 6.28. The van der Waals surface area contributed by atoms with Gasteiger partial charge in [0.25, 0.3) is 0 Å². The standard InChI is InChI=1S/C12H20N4OS/c1-8(11-9(2)15-10(3)18-11)13-4-6-16-7-5-14-12(16)17/h8,13H,4-7H2,1-3H3,(H,14,17). The van der Waals surface area contributed by atoms with E-state index < -0.39 is 0 Å². The predicted octanol–water partition coefficient (Wildman–Crippen LogP) is 1.44. The monoisotopic (exact) mass is 268 g/mol. The van der Waals surface area contributed by atoms with Crippen LogP contribution in [0.3, 0.4) is 0 Å². The van der Waals surface area contributed by atoms with Crippen LogP contribution in [0.4, 0.5) is 4.79 Å². The van der Waals surface area contributed by atoms with Gasteiger partial charge in [0, 0.05) is 37.1 Å².